The van der Waals surface area contributed by atoms with Crippen LogP contribution in [0.15, 0.2) is 57.1 Å². The summed E-state index contributed by atoms with van der Waals surface area (Å²) in [6, 6.07) is 9.92. The molecule has 136 valence electrons. The number of hydrogen-bond donors (Lipinski definition) is 0. The molecular weight excluding hydrogens is 358 g/mol. The van der Waals surface area contributed by atoms with E-state index in [0.717, 1.165) is 0 Å². The summed E-state index contributed by atoms with van der Waals surface area (Å²) < 4.78 is 28.7. The van der Waals surface area contributed by atoms with Crippen molar-refractivity contribution in [3.63, 3.8) is 0 Å². The molecule has 0 aliphatic rings. The number of nitro benzene ring substituents is 1. The summed E-state index contributed by atoms with van der Waals surface area (Å²) in [6.45, 7) is 4.16. The molecule has 0 amide bonds. The molecule has 3 aromatic rings. The van der Waals surface area contributed by atoms with Crippen molar-refractivity contribution in [2.75, 3.05) is 0 Å². The minimum atomic E-state index is -4.11. The molecule has 0 saturated carbocycles. The molecule has 0 bridgehead atoms. The Morgan fingerprint density at radius 3 is 2.04 bits per heavy atom. The van der Waals surface area contributed by atoms with Gasteiger partial charge in [-0.25, -0.2) is 13.2 Å². The van der Waals surface area contributed by atoms with E-state index in [0.29, 0.717) is 24.1 Å². The van der Waals surface area contributed by atoms with Crippen LogP contribution in [0.4, 0.5) is 5.69 Å². The van der Waals surface area contributed by atoms with Crippen LogP contribution in [0.5, 0.6) is 0 Å². The SMILES string of the molecule is CCn1c(=O)n(CC)c2cc(S(=O)(=O)c3ccccc3)c([N+](=O)[O-])cc21. The van der Waals surface area contributed by atoms with Crippen molar-refractivity contribution < 1.29 is 13.3 Å². The van der Waals surface area contributed by atoms with E-state index in [1.807, 2.05) is 0 Å². The van der Waals surface area contributed by atoms with Crippen LogP contribution >= 0.6 is 0 Å². The van der Waals surface area contributed by atoms with Gasteiger partial charge in [-0.15, -0.1) is 0 Å². The molecule has 9 heteroatoms. The number of imidazole rings is 1. The average molecular weight is 375 g/mol. The van der Waals surface area contributed by atoms with E-state index in [4.69, 9.17) is 0 Å². The Morgan fingerprint density at radius 2 is 1.54 bits per heavy atom. The smallest absolute Gasteiger partial charge is 0.292 e. The number of hydrogen-bond acceptors (Lipinski definition) is 5. The lowest BCUT2D eigenvalue weighted by molar-refractivity contribution is -0.387. The summed E-state index contributed by atoms with van der Waals surface area (Å²) >= 11 is 0. The van der Waals surface area contributed by atoms with Gasteiger partial charge in [-0.1, -0.05) is 18.2 Å². The lowest BCUT2D eigenvalue weighted by Gasteiger charge is -2.07. The third-order valence-electron chi connectivity index (χ3n) is 4.27. The van der Waals surface area contributed by atoms with E-state index in [2.05, 4.69) is 0 Å². The normalized spacial score (nSPS) is 11.8. The van der Waals surface area contributed by atoms with Crippen molar-refractivity contribution in [2.24, 2.45) is 0 Å². The molecule has 0 saturated heterocycles. The fourth-order valence-corrected chi connectivity index (χ4v) is 4.47. The Kier molecular flexibility index (Phi) is 4.41. The van der Waals surface area contributed by atoms with E-state index < -0.39 is 25.3 Å². The Morgan fingerprint density at radius 1 is 1.00 bits per heavy atom. The number of rotatable bonds is 5. The number of aromatic nitrogens is 2. The second kappa shape index (κ2) is 6.41. The van der Waals surface area contributed by atoms with E-state index >= 15 is 0 Å². The summed E-state index contributed by atoms with van der Waals surface area (Å²) in [7, 11) is -4.11. The van der Waals surface area contributed by atoms with Crippen molar-refractivity contribution in [3.8, 4) is 0 Å². The maximum absolute atomic E-state index is 13.0. The van der Waals surface area contributed by atoms with Crippen LogP contribution in [0.25, 0.3) is 11.0 Å². The van der Waals surface area contributed by atoms with Gasteiger partial charge in [-0.2, -0.15) is 0 Å². The number of sulfone groups is 1. The van der Waals surface area contributed by atoms with Crippen molar-refractivity contribution in [2.45, 2.75) is 36.7 Å². The van der Waals surface area contributed by atoms with Crippen LogP contribution in [0.2, 0.25) is 0 Å². The van der Waals surface area contributed by atoms with Gasteiger partial charge in [0, 0.05) is 19.2 Å². The lowest BCUT2D eigenvalue weighted by Crippen LogP contribution is -2.23. The predicted molar refractivity (Wildman–Crippen MR) is 96.1 cm³/mol. The monoisotopic (exact) mass is 375 g/mol. The average Bonchev–Trinajstić information content (AvgIpc) is 2.90. The first kappa shape index (κ1) is 17.9. The second-order valence-electron chi connectivity index (χ2n) is 5.65. The number of nitro groups is 1. The molecule has 0 aliphatic heterocycles. The summed E-state index contributed by atoms with van der Waals surface area (Å²) in [6.07, 6.45) is 0. The van der Waals surface area contributed by atoms with Crippen molar-refractivity contribution in [3.05, 3.63) is 63.1 Å². The third kappa shape index (κ3) is 2.60. The van der Waals surface area contributed by atoms with Gasteiger partial charge in [-0.3, -0.25) is 19.2 Å². The van der Waals surface area contributed by atoms with Gasteiger partial charge < -0.3 is 0 Å². The van der Waals surface area contributed by atoms with Gasteiger partial charge >= 0.3 is 5.69 Å². The Bertz CT molecular complexity index is 1160. The summed E-state index contributed by atoms with van der Waals surface area (Å²) in [5.41, 5.74) is -0.164. The fourth-order valence-electron chi connectivity index (χ4n) is 3.03. The molecular formula is C17H17N3O5S. The lowest BCUT2D eigenvalue weighted by atomic mass is 10.2. The number of nitrogens with zero attached hydrogens (tertiary/aromatic N) is 3. The van der Waals surface area contributed by atoms with Crippen LogP contribution in [0, 0.1) is 10.1 Å². The number of aryl methyl sites for hydroxylation is 2. The van der Waals surface area contributed by atoms with Gasteiger partial charge in [0.2, 0.25) is 9.84 Å². The molecule has 0 unspecified atom stereocenters. The molecule has 0 spiro atoms. The maximum Gasteiger partial charge on any atom is 0.329 e. The third-order valence-corrected chi connectivity index (χ3v) is 6.07. The standard InChI is InChI=1S/C17H17N3O5S/c1-3-18-13-10-15(20(22)23)16(11-14(13)19(4-2)17(18)21)26(24,25)12-8-6-5-7-9-12/h5-11H,3-4H2,1-2H3. The van der Waals surface area contributed by atoms with Crippen LogP contribution < -0.4 is 5.69 Å². The van der Waals surface area contributed by atoms with E-state index in [9.17, 15) is 23.3 Å². The van der Waals surface area contributed by atoms with Crippen molar-refractivity contribution >= 4 is 26.6 Å². The molecule has 26 heavy (non-hydrogen) atoms. The summed E-state index contributed by atoms with van der Waals surface area (Å²) in [5.74, 6) is 0. The molecule has 1 aromatic heterocycles. The second-order valence-corrected chi connectivity index (χ2v) is 7.57. The highest BCUT2D eigenvalue weighted by atomic mass is 32.2. The summed E-state index contributed by atoms with van der Waals surface area (Å²) in [4.78, 5) is 22.8. The molecule has 8 nitrogen and oxygen atoms in total. The molecule has 0 radical (unpaired) electrons. The first-order valence-corrected chi connectivity index (χ1v) is 9.52. The minimum Gasteiger partial charge on any atom is -0.292 e. The van der Waals surface area contributed by atoms with Gasteiger partial charge in [0.25, 0.3) is 5.69 Å². The van der Waals surface area contributed by atoms with Crippen LogP contribution in [0.3, 0.4) is 0 Å². The van der Waals surface area contributed by atoms with Gasteiger partial charge in [0.05, 0.1) is 20.9 Å². The van der Waals surface area contributed by atoms with Crippen molar-refractivity contribution in [1.29, 1.82) is 0 Å². The zero-order valence-electron chi connectivity index (χ0n) is 14.2. The molecule has 1 heterocycles. The summed E-state index contributed by atoms with van der Waals surface area (Å²) in [5, 5.41) is 11.6. The van der Waals surface area contributed by atoms with Gasteiger partial charge in [0.15, 0.2) is 4.90 Å². The first-order chi connectivity index (χ1) is 12.3. The maximum atomic E-state index is 13.0. The van der Waals surface area contributed by atoms with Crippen LogP contribution in [-0.4, -0.2) is 22.5 Å². The minimum absolute atomic E-state index is 0.0391. The highest BCUT2D eigenvalue weighted by molar-refractivity contribution is 7.91. The quantitative estimate of drug-likeness (QED) is 0.503. The molecule has 0 aliphatic carbocycles. The Hall–Kier alpha value is -2.94. The first-order valence-electron chi connectivity index (χ1n) is 8.04. The largest absolute Gasteiger partial charge is 0.329 e. The van der Waals surface area contributed by atoms with Gasteiger partial charge in [0.1, 0.15) is 0 Å². The topological polar surface area (TPSA) is 104 Å². The predicted octanol–water partition coefficient (Wildman–Crippen LogP) is 2.58. The van der Waals surface area contributed by atoms with Crippen molar-refractivity contribution in [1.82, 2.24) is 9.13 Å². The molecule has 3 rings (SSSR count). The van der Waals surface area contributed by atoms with E-state index in [1.165, 1.54) is 33.4 Å². The number of benzene rings is 2. The van der Waals surface area contributed by atoms with Gasteiger partial charge in [-0.05, 0) is 32.0 Å². The highest BCUT2D eigenvalue weighted by Gasteiger charge is 2.30. The zero-order chi connectivity index (χ0) is 19.1. The fraction of sp³-hybridized carbons (Fsp3) is 0.235. The Balaban J connectivity index is 2.44. The molecule has 0 N–H and O–H groups in total. The molecule has 0 fully saturated rings. The Labute approximate surface area is 149 Å². The van der Waals surface area contributed by atoms with Crippen LogP contribution in [-0.2, 0) is 22.9 Å². The molecule has 2 aromatic carbocycles. The highest BCUT2D eigenvalue weighted by Crippen LogP contribution is 2.33. The van der Waals surface area contributed by atoms with E-state index in [-0.39, 0.29) is 10.6 Å². The molecule has 0 atom stereocenters. The van der Waals surface area contributed by atoms with Crippen LogP contribution in [0.1, 0.15) is 13.8 Å². The van der Waals surface area contributed by atoms with E-state index in [1.54, 1.807) is 32.0 Å². The number of fused-ring (bicyclic) bond motifs is 1. The zero-order valence-corrected chi connectivity index (χ0v) is 15.1.